The van der Waals surface area contributed by atoms with Gasteiger partial charge in [-0.15, -0.1) is 0 Å². The van der Waals surface area contributed by atoms with E-state index in [4.69, 9.17) is 4.74 Å². The van der Waals surface area contributed by atoms with Crippen LogP contribution in [-0.2, 0) is 4.79 Å². The van der Waals surface area contributed by atoms with Crippen molar-refractivity contribution in [3.63, 3.8) is 0 Å². The number of nitrogens with zero attached hydrogens (tertiary/aromatic N) is 1. The van der Waals surface area contributed by atoms with E-state index >= 15 is 0 Å². The fraction of sp³-hybridized carbons (Fsp3) is 0.409. The van der Waals surface area contributed by atoms with Crippen LogP contribution < -0.4 is 20.3 Å². The summed E-state index contributed by atoms with van der Waals surface area (Å²) in [5, 5.41) is 6.23. The highest BCUT2D eigenvalue weighted by atomic mass is 16.5. The fourth-order valence-electron chi connectivity index (χ4n) is 2.84. The van der Waals surface area contributed by atoms with E-state index in [0.717, 1.165) is 18.8 Å². The van der Waals surface area contributed by atoms with E-state index in [1.54, 1.807) is 0 Å². The van der Waals surface area contributed by atoms with Crippen LogP contribution in [0, 0.1) is 0 Å². The van der Waals surface area contributed by atoms with E-state index in [1.165, 1.54) is 5.69 Å². The van der Waals surface area contributed by atoms with Crippen molar-refractivity contribution in [3.8, 4) is 5.75 Å². The fourth-order valence-corrected chi connectivity index (χ4v) is 2.84. The molecule has 0 unspecified atom stereocenters. The molecule has 0 aliphatic carbocycles. The van der Waals surface area contributed by atoms with E-state index in [0.29, 0.717) is 24.4 Å². The molecular weight excluding hydrogens is 338 g/mol. The lowest BCUT2D eigenvalue weighted by atomic mass is 10.2. The zero-order chi connectivity index (χ0) is 19.6. The average molecular weight is 370 g/mol. The molecule has 0 fully saturated rings. The zero-order valence-electron chi connectivity index (χ0n) is 16.8. The highest BCUT2D eigenvalue weighted by molar-refractivity contribution is 5.92. The SMILES string of the molecule is CCN(CC)c1ccc(NCCC(=O)Nc2ccccc2OC(C)C)cc1. The van der Waals surface area contributed by atoms with Crippen molar-refractivity contribution in [3.05, 3.63) is 48.5 Å². The summed E-state index contributed by atoms with van der Waals surface area (Å²) >= 11 is 0. The van der Waals surface area contributed by atoms with Crippen molar-refractivity contribution in [2.75, 3.05) is 35.2 Å². The van der Waals surface area contributed by atoms with Crippen LogP contribution in [0.5, 0.6) is 5.75 Å². The van der Waals surface area contributed by atoms with Crippen molar-refractivity contribution >= 4 is 23.0 Å². The van der Waals surface area contributed by atoms with Gasteiger partial charge in [-0.25, -0.2) is 0 Å². The van der Waals surface area contributed by atoms with Crippen molar-refractivity contribution in [1.82, 2.24) is 0 Å². The zero-order valence-corrected chi connectivity index (χ0v) is 16.8. The number of benzene rings is 2. The number of carbonyl (C=O) groups is 1. The van der Waals surface area contributed by atoms with Crippen LogP contribution in [0.25, 0.3) is 0 Å². The van der Waals surface area contributed by atoms with E-state index in [1.807, 2.05) is 38.1 Å². The van der Waals surface area contributed by atoms with Gasteiger partial charge in [0.1, 0.15) is 5.75 Å². The van der Waals surface area contributed by atoms with Gasteiger partial charge in [0.15, 0.2) is 0 Å². The molecule has 0 saturated heterocycles. The van der Waals surface area contributed by atoms with E-state index in [9.17, 15) is 4.79 Å². The third kappa shape index (κ3) is 6.51. The van der Waals surface area contributed by atoms with Crippen molar-refractivity contribution in [2.45, 2.75) is 40.2 Å². The summed E-state index contributed by atoms with van der Waals surface area (Å²) in [5.41, 5.74) is 2.94. The molecule has 2 N–H and O–H groups in total. The van der Waals surface area contributed by atoms with Gasteiger partial charge in [-0.05, 0) is 64.1 Å². The summed E-state index contributed by atoms with van der Waals surface area (Å²) in [6.07, 6.45) is 0.442. The van der Waals surface area contributed by atoms with E-state index < -0.39 is 0 Å². The molecule has 2 aromatic rings. The Morgan fingerprint density at radius 1 is 1.04 bits per heavy atom. The van der Waals surface area contributed by atoms with Crippen molar-refractivity contribution in [2.24, 2.45) is 0 Å². The second kappa shape index (κ2) is 10.5. The Hall–Kier alpha value is -2.69. The Balaban J connectivity index is 1.83. The van der Waals surface area contributed by atoms with E-state index in [2.05, 4.69) is 53.6 Å². The van der Waals surface area contributed by atoms with Crippen LogP contribution in [-0.4, -0.2) is 31.6 Å². The molecule has 5 nitrogen and oxygen atoms in total. The monoisotopic (exact) mass is 369 g/mol. The molecule has 1 amide bonds. The first kappa shape index (κ1) is 20.6. The quantitative estimate of drug-likeness (QED) is 0.634. The normalized spacial score (nSPS) is 10.6. The summed E-state index contributed by atoms with van der Waals surface area (Å²) in [6, 6.07) is 15.8. The minimum Gasteiger partial charge on any atom is -0.489 e. The van der Waals surface area contributed by atoms with Crippen LogP contribution in [0.2, 0.25) is 0 Å². The van der Waals surface area contributed by atoms with Gasteiger partial charge in [-0.1, -0.05) is 12.1 Å². The van der Waals surface area contributed by atoms with Gasteiger partial charge in [0.05, 0.1) is 11.8 Å². The molecule has 0 aliphatic heterocycles. The van der Waals surface area contributed by atoms with Gasteiger partial charge in [-0.2, -0.15) is 0 Å². The molecule has 0 heterocycles. The number of anilines is 3. The minimum atomic E-state index is -0.0398. The second-order valence-corrected chi connectivity index (χ2v) is 6.61. The van der Waals surface area contributed by atoms with Crippen LogP contribution in [0.15, 0.2) is 48.5 Å². The van der Waals surface area contributed by atoms with Crippen molar-refractivity contribution < 1.29 is 9.53 Å². The number of nitrogens with one attached hydrogen (secondary N) is 2. The lowest BCUT2D eigenvalue weighted by molar-refractivity contribution is -0.116. The molecule has 0 aromatic heterocycles. The molecule has 146 valence electrons. The highest BCUT2D eigenvalue weighted by Crippen LogP contribution is 2.25. The van der Waals surface area contributed by atoms with Crippen LogP contribution in [0.1, 0.15) is 34.1 Å². The Kier molecular flexibility index (Phi) is 7.99. The Bertz CT molecular complexity index is 710. The van der Waals surface area contributed by atoms with Gasteiger partial charge in [0.2, 0.25) is 5.91 Å². The number of amides is 1. The number of hydrogen-bond acceptors (Lipinski definition) is 4. The average Bonchev–Trinajstić information content (AvgIpc) is 2.65. The number of carbonyl (C=O) groups excluding carboxylic acids is 1. The first-order chi connectivity index (χ1) is 13.0. The van der Waals surface area contributed by atoms with E-state index in [-0.39, 0.29) is 12.0 Å². The topological polar surface area (TPSA) is 53.6 Å². The number of hydrogen-bond donors (Lipinski definition) is 2. The molecule has 2 rings (SSSR count). The first-order valence-corrected chi connectivity index (χ1v) is 9.67. The first-order valence-electron chi connectivity index (χ1n) is 9.67. The summed E-state index contributed by atoms with van der Waals surface area (Å²) < 4.78 is 5.73. The molecule has 5 heteroatoms. The largest absolute Gasteiger partial charge is 0.489 e. The Morgan fingerprint density at radius 3 is 2.33 bits per heavy atom. The lowest BCUT2D eigenvalue weighted by Crippen LogP contribution is -2.21. The maximum Gasteiger partial charge on any atom is 0.226 e. The molecule has 0 saturated carbocycles. The van der Waals surface area contributed by atoms with Gasteiger partial charge < -0.3 is 20.3 Å². The molecule has 0 spiro atoms. The minimum absolute atomic E-state index is 0.0398. The molecule has 2 aromatic carbocycles. The summed E-state index contributed by atoms with van der Waals surface area (Å²) in [7, 11) is 0. The Morgan fingerprint density at radius 2 is 1.70 bits per heavy atom. The smallest absolute Gasteiger partial charge is 0.226 e. The number of ether oxygens (including phenoxy) is 1. The van der Waals surface area contributed by atoms with Crippen LogP contribution in [0.3, 0.4) is 0 Å². The van der Waals surface area contributed by atoms with Crippen LogP contribution >= 0.6 is 0 Å². The van der Waals surface area contributed by atoms with Gasteiger partial charge in [0, 0.05) is 37.4 Å². The molecule has 0 radical (unpaired) electrons. The molecular formula is C22H31N3O2. The predicted octanol–water partition coefficient (Wildman–Crippen LogP) is 4.76. The summed E-state index contributed by atoms with van der Waals surface area (Å²) in [4.78, 5) is 14.5. The third-order valence-corrected chi connectivity index (χ3v) is 4.20. The predicted molar refractivity (Wildman–Crippen MR) is 114 cm³/mol. The molecule has 0 atom stereocenters. The summed E-state index contributed by atoms with van der Waals surface area (Å²) in [5.74, 6) is 0.655. The summed E-state index contributed by atoms with van der Waals surface area (Å²) in [6.45, 7) is 10.8. The maximum atomic E-state index is 12.2. The van der Waals surface area contributed by atoms with Crippen LogP contribution in [0.4, 0.5) is 17.1 Å². The second-order valence-electron chi connectivity index (χ2n) is 6.61. The van der Waals surface area contributed by atoms with Crippen molar-refractivity contribution in [1.29, 1.82) is 0 Å². The van der Waals surface area contributed by atoms with Gasteiger partial charge in [0.25, 0.3) is 0 Å². The lowest BCUT2D eigenvalue weighted by Gasteiger charge is -2.21. The molecule has 0 bridgehead atoms. The third-order valence-electron chi connectivity index (χ3n) is 4.20. The van der Waals surface area contributed by atoms with Gasteiger partial charge >= 0.3 is 0 Å². The standard InChI is InChI=1S/C22H31N3O2/c1-5-25(6-2)19-13-11-18(12-14-19)23-16-15-22(26)24-20-9-7-8-10-21(20)27-17(3)4/h7-14,17,23H,5-6,15-16H2,1-4H3,(H,24,26). The maximum absolute atomic E-state index is 12.2. The number of rotatable bonds is 10. The number of para-hydroxylation sites is 2. The molecule has 27 heavy (non-hydrogen) atoms. The van der Waals surface area contributed by atoms with Gasteiger partial charge in [-0.3, -0.25) is 4.79 Å². The Labute approximate surface area is 162 Å². The molecule has 0 aliphatic rings. The highest BCUT2D eigenvalue weighted by Gasteiger charge is 2.09.